The molecule has 0 aliphatic carbocycles. The third-order valence-electron chi connectivity index (χ3n) is 3.12. The third-order valence-corrected chi connectivity index (χ3v) is 3.12. The van der Waals surface area contributed by atoms with E-state index in [1.807, 2.05) is 0 Å². The van der Waals surface area contributed by atoms with E-state index in [1.165, 1.54) is 12.8 Å². The summed E-state index contributed by atoms with van der Waals surface area (Å²) in [4.78, 5) is 0. The van der Waals surface area contributed by atoms with Gasteiger partial charge in [-0.2, -0.15) is 0 Å². The van der Waals surface area contributed by atoms with Crippen molar-refractivity contribution in [3.05, 3.63) is 12.7 Å². The Morgan fingerprint density at radius 2 is 2.00 bits per heavy atom. The zero-order chi connectivity index (χ0) is 14.1. The first-order chi connectivity index (χ1) is 9.20. The van der Waals surface area contributed by atoms with Crippen LogP contribution in [0, 0.1) is 0 Å². The molecule has 1 fully saturated rings. The lowest BCUT2D eigenvalue weighted by molar-refractivity contribution is -0.165. The average molecular weight is 274 g/mol. The van der Waals surface area contributed by atoms with Gasteiger partial charge in [-0.05, 0) is 6.42 Å². The number of hydrogen-bond acceptors (Lipinski definition) is 5. The van der Waals surface area contributed by atoms with Crippen molar-refractivity contribution in [3.63, 3.8) is 0 Å². The quantitative estimate of drug-likeness (QED) is 0.463. The fourth-order valence-electron chi connectivity index (χ4n) is 1.98. The smallest absolute Gasteiger partial charge is 0.187 e. The minimum atomic E-state index is -1.03. The van der Waals surface area contributed by atoms with E-state index in [1.54, 1.807) is 6.08 Å². The van der Waals surface area contributed by atoms with E-state index >= 15 is 0 Å². The topological polar surface area (TPSA) is 68.2 Å². The molecule has 1 heterocycles. The lowest BCUT2D eigenvalue weighted by Gasteiger charge is -2.14. The van der Waals surface area contributed by atoms with Gasteiger partial charge in [-0.25, -0.2) is 0 Å². The van der Waals surface area contributed by atoms with E-state index in [-0.39, 0.29) is 13.2 Å². The highest BCUT2D eigenvalue weighted by atomic mass is 16.7. The van der Waals surface area contributed by atoms with Crippen LogP contribution in [0.2, 0.25) is 0 Å². The van der Waals surface area contributed by atoms with Crippen molar-refractivity contribution in [1.29, 1.82) is 0 Å². The van der Waals surface area contributed by atoms with Gasteiger partial charge >= 0.3 is 0 Å². The minimum absolute atomic E-state index is 0.276. The second-order valence-corrected chi connectivity index (χ2v) is 4.78. The van der Waals surface area contributed by atoms with Crippen LogP contribution in [0.25, 0.3) is 0 Å². The summed E-state index contributed by atoms with van der Waals surface area (Å²) in [7, 11) is 0. The molecule has 0 radical (unpaired) electrons. The van der Waals surface area contributed by atoms with Crippen LogP contribution in [-0.4, -0.2) is 54.6 Å². The number of ether oxygens (including phenoxy) is 3. The fraction of sp³-hybridized carbons (Fsp3) is 0.857. The summed E-state index contributed by atoms with van der Waals surface area (Å²) in [6, 6.07) is 0. The van der Waals surface area contributed by atoms with Gasteiger partial charge in [0.05, 0.1) is 13.2 Å². The van der Waals surface area contributed by atoms with Crippen LogP contribution in [-0.2, 0) is 14.2 Å². The van der Waals surface area contributed by atoms with Crippen molar-refractivity contribution >= 4 is 0 Å². The molecule has 0 aromatic rings. The molecule has 4 atom stereocenters. The van der Waals surface area contributed by atoms with E-state index in [0.29, 0.717) is 6.61 Å². The molecule has 0 aromatic carbocycles. The highest BCUT2D eigenvalue weighted by Crippen LogP contribution is 2.22. The minimum Gasteiger partial charge on any atom is -0.387 e. The van der Waals surface area contributed by atoms with E-state index in [9.17, 15) is 10.2 Å². The third kappa shape index (κ3) is 5.58. The second-order valence-electron chi connectivity index (χ2n) is 4.78. The van der Waals surface area contributed by atoms with Crippen LogP contribution < -0.4 is 0 Å². The molecule has 5 nitrogen and oxygen atoms in total. The van der Waals surface area contributed by atoms with Gasteiger partial charge in [-0.15, -0.1) is 6.58 Å². The molecule has 112 valence electrons. The van der Waals surface area contributed by atoms with Crippen LogP contribution in [0.1, 0.15) is 32.6 Å². The fourth-order valence-corrected chi connectivity index (χ4v) is 1.98. The predicted molar refractivity (Wildman–Crippen MR) is 71.8 cm³/mol. The van der Waals surface area contributed by atoms with E-state index in [4.69, 9.17) is 14.2 Å². The van der Waals surface area contributed by atoms with Crippen LogP contribution in [0.5, 0.6) is 0 Å². The molecule has 0 spiro atoms. The SMILES string of the molecule is C=CCOC1OC(COCCCCCC)C(O)C1O. The average Bonchev–Trinajstić information content (AvgIpc) is 2.68. The molecule has 1 aliphatic heterocycles. The molecule has 2 N–H and O–H groups in total. The maximum atomic E-state index is 9.81. The lowest BCUT2D eigenvalue weighted by Crippen LogP contribution is -2.35. The Morgan fingerprint density at radius 3 is 2.68 bits per heavy atom. The van der Waals surface area contributed by atoms with E-state index in [0.717, 1.165) is 12.8 Å². The van der Waals surface area contributed by atoms with Gasteiger partial charge < -0.3 is 24.4 Å². The van der Waals surface area contributed by atoms with Crippen molar-refractivity contribution in [3.8, 4) is 0 Å². The van der Waals surface area contributed by atoms with E-state index < -0.39 is 24.6 Å². The van der Waals surface area contributed by atoms with Gasteiger partial charge in [0.2, 0.25) is 0 Å². The summed E-state index contributed by atoms with van der Waals surface area (Å²) < 4.78 is 16.1. The highest BCUT2D eigenvalue weighted by molar-refractivity contribution is 4.87. The van der Waals surface area contributed by atoms with E-state index in [2.05, 4.69) is 13.5 Å². The first kappa shape index (κ1) is 16.6. The highest BCUT2D eigenvalue weighted by Gasteiger charge is 2.43. The summed E-state index contributed by atoms with van der Waals surface area (Å²) in [5.41, 5.74) is 0. The molecule has 1 rings (SSSR count). The molecule has 1 aliphatic rings. The second kappa shape index (κ2) is 9.44. The molecular weight excluding hydrogens is 248 g/mol. The van der Waals surface area contributed by atoms with Gasteiger partial charge in [-0.1, -0.05) is 32.3 Å². The summed E-state index contributed by atoms with van der Waals surface area (Å²) in [6.45, 7) is 6.89. The normalized spacial score (nSPS) is 30.7. The number of aliphatic hydroxyl groups is 2. The maximum Gasteiger partial charge on any atom is 0.187 e. The van der Waals surface area contributed by atoms with Gasteiger partial charge in [0.25, 0.3) is 0 Å². The maximum absolute atomic E-state index is 9.81. The summed E-state index contributed by atoms with van der Waals surface area (Å²) in [5, 5.41) is 19.5. The molecule has 4 unspecified atom stereocenters. The summed E-state index contributed by atoms with van der Waals surface area (Å²) >= 11 is 0. The van der Waals surface area contributed by atoms with Crippen molar-refractivity contribution in [2.75, 3.05) is 19.8 Å². The van der Waals surface area contributed by atoms with Gasteiger partial charge in [0.1, 0.15) is 18.3 Å². The largest absolute Gasteiger partial charge is 0.387 e. The first-order valence-corrected chi connectivity index (χ1v) is 7.02. The lowest BCUT2D eigenvalue weighted by atomic mass is 10.1. The number of rotatable bonds is 10. The number of unbranched alkanes of at least 4 members (excludes halogenated alkanes) is 3. The van der Waals surface area contributed by atoms with Crippen LogP contribution >= 0.6 is 0 Å². The van der Waals surface area contributed by atoms with Crippen molar-refractivity contribution < 1.29 is 24.4 Å². The summed E-state index contributed by atoms with van der Waals surface area (Å²) in [6.07, 6.45) is 2.80. The number of aliphatic hydroxyl groups excluding tert-OH is 2. The molecular formula is C14H26O5. The van der Waals surface area contributed by atoms with Gasteiger partial charge in [0.15, 0.2) is 6.29 Å². The summed E-state index contributed by atoms with van der Waals surface area (Å²) in [5.74, 6) is 0. The molecule has 1 saturated heterocycles. The standard InChI is InChI=1S/C14H26O5/c1-3-5-6-7-9-17-10-11-12(15)13(16)14(19-11)18-8-4-2/h4,11-16H,2-3,5-10H2,1H3. The Bertz CT molecular complexity index is 246. The van der Waals surface area contributed by atoms with Crippen LogP contribution in [0.3, 0.4) is 0 Å². The first-order valence-electron chi connectivity index (χ1n) is 7.02. The van der Waals surface area contributed by atoms with Crippen LogP contribution in [0.4, 0.5) is 0 Å². The molecule has 5 heteroatoms. The predicted octanol–water partition coefficient (Wildman–Crippen LogP) is 1.23. The number of hydrogen-bond donors (Lipinski definition) is 2. The van der Waals surface area contributed by atoms with Crippen LogP contribution in [0.15, 0.2) is 12.7 Å². The van der Waals surface area contributed by atoms with Crippen molar-refractivity contribution in [2.24, 2.45) is 0 Å². The van der Waals surface area contributed by atoms with Crippen molar-refractivity contribution in [2.45, 2.75) is 57.2 Å². The Hall–Kier alpha value is -0.460. The Morgan fingerprint density at radius 1 is 1.21 bits per heavy atom. The van der Waals surface area contributed by atoms with Gasteiger partial charge in [0, 0.05) is 6.61 Å². The van der Waals surface area contributed by atoms with Gasteiger partial charge in [-0.3, -0.25) is 0 Å². The molecule has 0 saturated carbocycles. The molecule has 0 amide bonds. The Balaban J connectivity index is 2.17. The van der Waals surface area contributed by atoms with Crippen molar-refractivity contribution in [1.82, 2.24) is 0 Å². The Kier molecular flexibility index (Phi) is 8.25. The monoisotopic (exact) mass is 274 g/mol. The zero-order valence-corrected chi connectivity index (χ0v) is 11.7. The zero-order valence-electron chi connectivity index (χ0n) is 11.7. The molecule has 19 heavy (non-hydrogen) atoms. The molecule has 0 bridgehead atoms. The molecule has 0 aromatic heterocycles. The Labute approximate surface area is 115 Å².